The number of nitro benzene ring substituents is 1. The lowest BCUT2D eigenvalue weighted by Crippen LogP contribution is -2.32. The molecule has 0 saturated heterocycles. The molecule has 0 bridgehead atoms. The number of carbonyl (C=O) groups is 1. The van der Waals surface area contributed by atoms with Gasteiger partial charge in [0, 0.05) is 12.0 Å². The summed E-state index contributed by atoms with van der Waals surface area (Å²) in [7, 11) is 2.73. The fourth-order valence-electron chi connectivity index (χ4n) is 1.57. The van der Waals surface area contributed by atoms with Gasteiger partial charge in [-0.05, 0) is 6.07 Å². The van der Waals surface area contributed by atoms with E-state index in [-0.39, 0.29) is 29.2 Å². The Morgan fingerprint density at radius 1 is 1.42 bits per heavy atom. The number of benzene rings is 1. The first-order valence-electron chi connectivity index (χ1n) is 5.28. The van der Waals surface area contributed by atoms with Gasteiger partial charge in [-0.3, -0.25) is 14.9 Å². The average Bonchev–Trinajstić information content (AvgIpc) is 2.37. The molecule has 1 atom stereocenters. The van der Waals surface area contributed by atoms with Crippen molar-refractivity contribution in [1.29, 1.82) is 0 Å². The van der Waals surface area contributed by atoms with E-state index >= 15 is 0 Å². The molecule has 1 aromatic rings. The van der Waals surface area contributed by atoms with Gasteiger partial charge in [0.15, 0.2) is 11.5 Å². The molecular weight excluding hydrogens is 256 g/mol. The van der Waals surface area contributed by atoms with Gasteiger partial charge in [0.05, 0.1) is 25.2 Å². The molecule has 3 N–H and O–H groups in total. The minimum Gasteiger partial charge on any atom is -0.493 e. The highest BCUT2D eigenvalue weighted by atomic mass is 16.6. The number of nitro groups is 1. The van der Waals surface area contributed by atoms with Gasteiger partial charge >= 0.3 is 5.97 Å². The summed E-state index contributed by atoms with van der Waals surface area (Å²) in [6, 6.07) is 1.32. The highest BCUT2D eigenvalue weighted by Crippen LogP contribution is 2.34. The van der Waals surface area contributed by atoms with Crippen LogP contribution >= 0.6 is 0 Å². The van der Waals surface area contributed by atoms with E-state index in [1.165, 1.54) is 26.4 Å². The molecule has 19 heavy (non-hydrogen) atoms. The fraction of sp³-hybridized carbons (Fsp3) is 0.364. The minimum atomic E-state index is -1.23. The van der Waals surface area contributed by atoms with Crippen molar-refractivity contribution in [3.63, 3.8) is 0 Å². The molecule has 0 radical (unpaired) electrons. The second kappa shape index (κ2) is 6.01. The Hall–Kier alpha value is -2.35. The Bertz CT molecular complexity index is 502. The van der Waals surface area contributed by atoms with Crippen LogP contribution in [0.1, 0.15) is 5.56 Å². The summed E-state index contributed by atoms with van der Waals surface area (Å²) >= 11 is 0. The third-order valence-electron chi connectivity index (χ3n) is 2.54. The van der Waals surface area contributed by atoms with Crippen molar-refractivity contribution in [2.45, 2.75) is 12.5 Å². The number of nitrogens with zero attached hydrogens (tertiary/aromatic N) is 1. The molecule has 0 amide bonds. The van der Waals surface area contributed by atoms with E-state index in [1.807, 2.05) is 0 Å². The van der Waals surface area contributed by atoms with Gasteiger partial charge < -0.3 is 20.3 Å². The predicted molar refractivity (Wildman–Crippen MR) is 65.5 cm³/mol. The Morgan fingerprint density at radius 2 is 1.95 bits per heavy atom. The zero-order valence-electron chi connectivity index (χ0n) is 10.5. The van der Waals surface area contributed by atoms with E-state index in [0.29, 0.717) is 0 Å². The van der Waals surface area contributed by atoms with Crippen molar-refractivity contribution < 1.29 is 24.3 Å². The fourth-order valence-corrected chi connectivity index (χ4v) is 1.57. The average molecular weight is 270 g/mol. The van der Waals surface area contributed by atoms with E-state index in [4.69, 9.17) is 20.3 Å². The summed E-state index contributed by atoms with van der Waals surface area (Å²) in [5, 5.41) is 19.7. The first-order valence-corrected chi connectivity index (χ1v) is 5.28. The molecular formula is C11H14N2O6. The van der Waals surface area contributed by atoms with Crippen LogP contribution in [0.4, 0.5) is 5.69 Å². The lowest BCUT2D eigenvalue weighted by atomic mass is 10.0. The number of hydrogen-bond acceptors (Lipinski definition) is 6. The summed E-state index contributed by atoms with van der Waals surface area (Å²) < 4.78 is 9.98. The Labute approximate surface area is 108 Å². The summed E-state index contributed by atoms with van der Waals surface area (Å²) in [6.45, 7) is 0. The molecule has 104 valence electrons. The van der Waals surface area contributed by atoms with Crippen LogP contribution in [-0.4, -0.2) is 36.3 Å². The molecule has 0 saturated carbocycles. The molecule has 0 fully saturated rings. The summed E-state index contributed by atoms with van der Waals surface area (Å²) in [5.74, 6) is -0.758. The smallest absolute Gasteiger partial charge is 0.320 e. The highest BCUT2D eigenvalue weighted by molar-refractivity contribution is 5.74. The number of carboxylic acid groups (broad SMARTS) is 1. The maximum absolute atomic E-state index is 11.0. The molecule has 8 heteroatoms. The molecule has 0 spiro atoms. The van der Waals surface area contributed by atoms with Gasteiger partial charge in [0.2, 0.25) is 0 Å². The van der Waals surface area contributed by atoms with E-state index in [1.54, 1.807) is 0 Å². The monoisotopic (exact) mass is 270 g/mol. The van der Waals surface area contributed by atoms with Crippen molar-refractivity contribution in [3.8, 4) is 11.5 Å². The molecule has 1 rings (SSSR count). The van der Waals surface area contributed by atoms with Crippen LogP contribution in [0.3, 0.4) is 0 Å². The zero-order valence-corrected chi connectivity index (χ0v) is 10.5. The Kier molecular flexibility index (Phi) is 4.65. The van der Waals surface area contributed by atoms with Gasteiger partial charge in [0.25, 0.3) is 5.69 Å². The maximum Gasteiger partial charge on any atom is 0.320 e. The number of aliphatic carboxylic acids is 1. The summed E-state index contributed by atoms with van der Waals surface area (Å²) in [6.07, 6.45) is -0.175. The van der Waals surface area contributed by atoms with Crippen LogP contribution in [0, 0.1) is 10.1 Å². The second-order valence-electron chi connectivity index (χ2n) is 3.74. The molecule has 0 unspecified atom stereocenters. The lowest BCUT2D eigenvalue weighted by Gasteiger charge is -2.12. The lowest BCUT2D eigenvalue weighted by molar-refractivity contribution is -0.385. The quantitative estimate of drug-likeness (QED) is 0.571. The van der Waals surface area contributed by atoms with E-state index in [9.17, 15) is 14.9 Å². The molecule has 1 aromatic carbocycles. The van der Waals surface area contributed by atoms with Crippen LogP contribution in [-0.2, 0) is 11.2 Å². The van der Waals surface area contributed by atoms with Crippen molar-refractivity contribution >= 4 is 11.7 Å². The largest absolute Gasteiger partial charge is 0.493 e. The Morgan fingerprint density at radius 3 is 2.37 bits per heavy atom. The van der Waals surface area contributed by atoms with Crippen molar-refractivity contribution in [3.05, 3.63) is 27.8 Å². The van der Waals surface area contributed by atoms with Crippen molar-refractivity contribution in [2.24, 2.45) is 5.73 Å². The molecule has 8 nitrogen and oxygen atoms in total. The van der Waals surface area contributed by atoms with Gasteiger partial charge in [-0.25, -0.2) is 0 Å². The van der Waals surface area contributed by atoms with Crippen molar-refractivity contribution in [1.82, 2.24) is 0 Å². The van der Waals surface area contributed by atoms with Gasteiger partial charge in [-0.15, -0.1) is 0 Å². The van der Waals surface area contributed by atoms with Crippen LogP contribution in [0.25, 0.3) is 0 Å². The zero-order chi connectivity index (χ0) is 14.6. The van der Waals surface area contributed by atoms with Gasteiger partial charge in [-0.1, -0.05) is 0 Å². The first-order chi connectivity index (χ1) is 8.90. The van der Waals surface area contributed by atoms with Crippen LogP contribution in [0.15, 0.2) is 12.1 Å². The van der Waals surface area contributed by atoms with Crippen molar-refractivity contribution in [2.75, 3.05) is 14.2 Å². The number of rotatable bonds is 6. The van der Waals surface area contributed by atoms with Crippen LogP contribution < -0.4 is 15.2 Å². The van der Waals surface area contributed by atoms with Gasteiger partial charge in [0.1, 0.15) is 6.04 Å². The molecule has 0 aromatic heterocycles. The molecule has 0 aliphatic rings. The normalized spacial score (nSPS) is 11.7. The number of ether oxygens (including phenoxy) is 2. The molecule has 0 aliphatic heterocycles. The summed E-state index contributed by atoms with van der Waals surface area (Å²) in [4.78, 5) is 21.1. The SMILES string of the molecule is COc1cc(C[C@@H](N)C(=O)O)c([N+](=O)[O-])cc1OC. The maximum atomic E-state index is 11.0. The third kappa shape index (κ3) is 3.32. The van der Waals surface area contributed by atoms with Gasteiger partial charge in [-0.2, -0.15) is 0 Å². The number of nitrogens with two attached hydrogens (primary N) is 1. The Balaban J connectivity index is 3.27. The molecule has 0 heterocycles. The topological polar surface area (TPSA) is 125 Å². The van der Waals surface area contributed by atoms with E-state index < -0.39 is 16.9 Å². The number of hydrogen-bond donors (Lipinski definition) is 2. The first kappa shape index (κ1) is 14.7. The molecule has 0 aliphatic carbocycles. The van der Waals surface area contributed by atoms with E-state index in [0.717, 1.165) is 0 Å². The van der Waals surface area contributed by atoms with E-state index in [2.05, 4.69) is 0 Å². The number of carboxylic acids is 1. The number of methoxy groups -OCH3 is 2. The third-order valence-corrected chi connectivity index (χ3v) is 2.54. The van der Waals surface area contributed by atoms with Crippen LogP contribution in [0.5, 0.6) is 11.5 Å². The highest BCUT2D eigenvalue weighted by Gasteiger charge is 2.23. The summed E-state index contributed by atoms with van der Waals surface area (Å²) in [5.41, 5.74) is 5.31. The van der Waals surface area contributed by atoms with Crippen LogP contribution in [0.2, 0.25) is 0 Å². The predicted octanol–water partition coefficient (Wildman–Crippen LogP) is 0.566. The standard InChI is InChI=1S/C11H14N2O6/c1-18-9-4-6(3-7(12)11(14)15)8(13(16)17)5-10(9)19-2/h4-5,7H,3,12H2,1-2H3,(H,14,15)/t7-/m1/s1. The second-order valence-corrected chi connectivity index (χ2v) is 3.74. The minimum absolute atomic E-state index is 0.175.